The van der Waals surface area contributed by atoms with Crippen molar-refractivity contribution in [2.45, 2.75) is 50.7 Å². The van der Waals surface area contributed by atoms with Gasteiger partial charge in [-0.1, -0.05) is 12.1 Å². The topological polar surface area (TPSA) is 69.9 Å². The van der Waals surface area contributed by atoms with Crippen LogP contribution >= 0.6 is 0 Å². The highest BCUT2D eigenvalue weighted by Crippen LogP contribution is 2.44. The molecule has 3 N–H and O–H groups in total. The summed E-state index contributed by atoms with van der Waals surface area (Å²) in [7, 11) is 1.72. The molecule has 0 amide bonds. The number of rotatable bonds is 5. The number of fused-ring (bicyclic) bond motifs is 3. The third-order valence-electron chi connectivity index (χ3n) is 5.78. The van der Waals surface area contributed by atoms with E-state index < -0.39 is 6.10 Å². The molecule has 0 radical (unpaired) electrons. The van der Waals surface area contributed by atoms with E-state index in [0.717, 1.165) is 37.9 Å². The third kappa shape index (κ3) is 3.54. The van der Waals surface area contributed by atoms with E-state index in [2.05, 4.69) is 6.07 Å². The van der Waals surface area contributed by atoms with Gasteiger partial charge in [-0.25, -0.2) is 0 Å². The van der Waals surface area contributed by atoms with Gasteiger partial charge in [0.05, 0.1) is 25.9 Å². The second-order valence-electron chi connectivity index (χ2n) is 7.25. The molecule has 1 aromatic rings. The maximum Gasteiger partial charge on any atom is 0.122 e. The Labute approximate surface area is 138 Å². The molecule has 2 bridgehead atoms. The summed E-state index contributed by atoms with van der Waals surface area (Å²) in [6.45, 7) is -0.198. The number of hydrogen-bond donors (Lipinski definition) is 3. The first-order valence-corrected chi connectivity index (χ1v) is 8.74. The minimum Gasteiger partial charge on any atom is -0.496 e. The Balaban J connectivity index is 1.80. The predicted molar refractivity (Wildman–Crippen MR) is 88.4 cm³/mol. The van der Waals surface area contributed by atoms with Crippen LogP contribution in [0.1, 0.15) is 36.8 Å². The highest BCUT2D eigenvalue weighted by molar-refractivity contribution is 5.42. The molecule has 0 aromatic heterocycles. The van der Waals surface area contributed by atoms with E-state index in [0.29, 0.717) is 18.3 Å². The van der Waals surface area contributed by atoms with Crippen LogP contribution in [0, 0.1) is 17.8 Å². The molecule has 2 aliphatic carbocycles. The van der Waals surface area contributed by atoms with Crippen molar-refractivity contribution in [1.82, 2.24) is 0 Å². The Morgan fingerprint density at radius 3 is 2.83 bits per heavy atom. The van der Waals surface area contributed by atoms with Gasteiger partial charge in [0.1, 0.15) is 5.75 Å². The van der Waals surface area contributed by atoms with E-state index in [1.807, 2.05) is 12.1 Å². The van der Waals surface area contributed by atoms with Crippen LogP contribution in [0.15, 0.2) is 18.2 Å². The molecule has 2 aliphatic rings. The Kier molecular flexibility index (Phi) is 5.24. The van der Waals surface area contributed by atoms with Gasteiger partial charge in [-0.3, -0.25) is 0 Å². The lowest BCUT2D eigenvalue weighted by molar-refractivity contribution is -0.00578. The summed E-state index contributed by atoms with van der Waals surface area (Å²) in [5.41, 5.74) is 2.66. The zero-order chi connectivity index (χ0) is 16.4. The Hall–Kier alpha value is -1.10. The van der Waals surface area contributed by atoms with Gasteiger partial charge in [0.25, 0.3) is 0 Å². The predicted octanol–water partition coefficient (Wildman–Crippen LogP) is 1.93. The summed E-state index contributed by atoms with van der Waals surface area (Å²) in [4.78, 5) is 0. The van der Waals surface area contributed by atoms with E-state index in [-0.39, 0.29) is 18.6 Å². The molecule has 0 spiro atoms. The highest BCUT2D eigenvalue weighted by atomic mass is 16.5. The number of aliphatic hydroxyl groups excluding tert-OH is 3. The fourth-order valence-electron chi connectivity index (χ4n) is 4.63. The minimum atomic E-state index is -0.668. The largest absolute Gasteiger partial charge is 0.496 e. The van der Waals surface area contributed by atoms with Gasteiger partial charge in [-0.05, 0) is 73.5 Å². The zero-order valence-electron chi connectivity index (χ0n) is 13.8. The molecule has 4 nitrogen and oxygen atoms in total. The molecule has 0 heterocycles. The summed E-state index contributed by atoms with van der Waals surface area (Å²) >= 11 is 0. The van der Waals surface area contributed by atoms with Crippen molar-refractivity contribution in [3.05, 3.63) is 29.3 Å². The molecular formula is C19H28O4. The summed E-state index contributed by atoms with van der Waals surface area (Å²) in [5.74, 6) is 2.14. The van der Waals surface area contributed by atoms with Gasteiger partial charge in [0.15, 0.2) is 0 Å². The average Bonchev–Trinajstić information content (AvgIpc) is 2.70. The maximum absolute atomic E-state index is 10.6. The molecule has 23 heavy (non-hydrogen) atoms. The first-order chi connectivity index (χ1) is 11.1. The van der Waals surface area contributed by atoms with Crippen LogP contribution in [-0.2, 0) is 12.8 Å². The van der Waals surface area contributed by atoms with Crippen LogP contribution in [0.25, 0.3) is 0 Å². The lowest BCUT2D eigenvalue weighted by Gasteiger charge is -2.38. The fourth-order valence-corrected chi connectivity index (χ4v) is 4.63. The lowest BCUT2D eigenvalue weighted by atomic mass is 9.69. The SMILES string of the molecule is COc1cccc2c1C[C@H]1C[C@H](C2)[C@@H](CC[C@@H](O)CO)[C@H](O)C1. The number of aliphatic hydroxyl groups is 3. The molecule has 5 atom stereocenters. The summed E-state index contributed by atoms with van der Waals surface area (Å²) in [6, 6.07) is 6.26. The summed E-state index contributed by atoms with van der Waals surface area (Å²) < 4.78 is 5.54. The Morgan fingerprint density at radius 2 is 2.09 bits per heavy atom. The third-order valence-corrected chi connectivity index (χ3v) is 5.78. The molecule has 0 aliphatic heterocycles. The van der Waals surface area contributed by atoms with Gasteiger partial charge in [0, 0.05) is 0 Å². The quantitative estimate of drug-likeness (QED) is 0.775. The molecular weight excluding hydrogens is 292 g/mol. The first-order valence-electron chi connectivity index (χ1n) is 8.74. The van der Waals surface area contributed by atoms with E-state index in [9.17, 15) is 10.2 Å². The minimum absolute atomic E-state index is 0.198. The molecule has 4 heteroatoms. The molecule has 3 rings (SSSR count). The number of benzene rings is 1. The van der Waals surface area contributed by atoms with E-state index in [4.69, 9.17) is 9.84 Å². The van der Waals surface area contributed by atoms with Crippen molar-refractivity contribution >= 4 is 0 Å². The van der Waals surface area contributed by atoms with Gasteiger partial charge in [0.2, 0.25) is 0 Å². The van der Waals surface area contributed by atoms with Crippen LogP contribution in [0.3, 0.4) is 0 Å². The number of methoxy groups -OCH3 is 1. The van der Waals surface area contributed by atoms with Crippen molar-refractivity contribution < 1.29 is 20.1 Å². The van der Waals surface area contributed by atoms with Gasteiger partial charge in [-0.2, -0.15) is 0 Å². The van der Waals surface area contributed by atoms with Crippen LogP contribution < -0.4 is 4.74 Å². The van der Waals surface area contributed by atoms with E-state index in [1.165, 1.54) is 11.1 Å². The fraction of sp³-hybridized carbons (Fsp3) is 0.684. The number of hydrogen-bond acceptors (Lipinski definition) is 4. The second-order valence-corrected chi connectivity index (χ2v) is 7.25. The van der Waals surface area contributed by atoms with Gasteiger partial charge in [-0.15, -0.1) is 0 Å². The van der Waals surface area contributed by atoms with Crippen molar-refractivity contribution in [2.75, 3.05) is 13.7 Å². The van der Waals surface area contributed by atoms with Crippen molar-refractivity contribution in [3.63, 3.8) is 0 Å². The smallest absolute Gasteiger partial charge is 0.122 e. The van der Waals surface area contributed by atoms with Crippen LogP contribution in [-0.4, -0.2) is 41.2 Å². The van der Waals surface area contributed by atoms with Crippen molar-refractivity contribution in [3.8, 4) is 5.75 Å². The highest BCUT2D eigenvalue weighted by Gasteiger charge is 2.39. The van der Waals surface area contributed by atoms with Crippen LogP contribution in [0.2, 0.25) is 0 Å². The zero-order valence-corrected chi connectivity index (χ0v) is 13.8. The van der Waals surface area contributed by atoms with E-state index >= 15 is 0 Å². The molecule has 1 fully saturated rings. The second kappa shape index (κ2) is 7.20. The molecule has 1 saturated carbocycles. The molecule has 0 unspecified atom stereocenters. The normalized spacial score (nSPS) is 31.1. The summed E-state index contributed by atoms with van der Waals surface area (Å²) in [5, 5.41) is 29.3. The molecule has 1 aromatic carbocycles. The van der Waals surface area contributed by atoms with Crippen molar-refractivity contribution in [2.24, 2.45) is 17.8 Å². The maximum atomic E-state index is 10.6. The standard InChI is InChI=1S/C19H28O4/c1-23-19-4-2-3-13-10-14-7-12(8-17(13)19)9-18(22)16(14)6-5-15(21)11-20/h2-4,12,14-16,18,20-22H,5-11H2,1H3/t12-,14-,15-,16-,18-/m1/s1. The molecule has 0 saturated heterocycles. The van der Waals surface area contributed by atoms with E-state index in [1.54, 1.807) is 7.11 Å². The molecule has 128 valence electrons. The average molecular weight is 320 g/mol. The lowest BCUT2D eigenvalue weighted by Crippen LogP contribution is -2.37. The van der Waals surface area contributed by atoms with Crippen molar-refractivity contribution in [1.29, 1.82) is 0 Å². The first kappa shape index (κ1) is 16.7. The van der Waals surface area contributed by atoms with Gasteiger partial charge < -0.3 is 20.1 Å². The summed E-state index contributed by atoms with van der Waals surface area (Å²) in [6.07, 6.45) is 4.29. The van der Waals surface area contributed by atoms with Crippen LogP contribution in [0.4, 0.5) is 0 Å². The monoisotopic (exact) mass is 320 g/mol. The Morgan fingerprint density at radius 1 is 1.26 bits per heavy atom. The van der Waals surface area contributed by atoms with Crippen LogP contribution in [0.5, 0.6) is 5.75 Å². The Bertz CT molecular complexity index is 530. The van der Waals surface area contributed by atoms with Gasteiger partial charge >= 0.3 is 0 Å². The number of ether oxygens (including phenoxy) is 1.